The Kier molecular flexibility index (Phi) is 27.7. The molecule has 6 rings (SSSR count). The van der Waals surface area contributed by atoms with E-state index in [4.69, 9.17) is 28.4 Å². The minimum Gasteiger partial charge on any atom is -0.494 e. The number of esters is 4. The molecule has 0 saturated carbocycles. The Bertz CT molecular complexity index is 2900. The van der Waals surface area contributed by atoms with Gasteiger partial charge in [0, 0.05) is 17.9 Å². The van der Waals surface area contributed by atoms with E-state index in [1.165, 1.54) is 120 Å². The molecule has 13 nitrogen and oxygen atoms in total. The van der Waals surface area contributed by atoms with Crippen molar-refractivity contribution in [2.45, 2.75) is 142 Å². The number of carbonyl (C=O) groups excluding carboxylic acids is 4. The predicted octanol–water partition coefficient (Wildman–Crippen LogP) is 18.2. The van der Waals surface area contributed by atoms with Crippen molar-refractivity contribution in [2.24, 2.45) is 15.2 Å². The Morgan fingerprint density at radius 1 is 0.407 bits per heavy atom. The molecule has 0 bridgehead atoms. The third-order valence-corrected chi connectivity index (χ3v) is 13.2. The maximum atomic E-state index is 13.1. The van der Waals surface area contributed by atoms with Gasteiger partial charge in [-0.05, 0) is 153 Å². The van der Waals surface area contributed by atoms with Crippen molar-refractivity contribution in [1.82, 2.24) is 0 Å². The van der Waals surface area contributed by atoms with Crippen LogP contribution in [0, 0.1) is 0 Å². The number of azo groups is 1. The molecular weight excluding hydrogens is 1020 g/mol. The molecule has 0 aliphatic heterocycles. The van der Waals surface area contributed by atoms with Crippen LogP contribution >= 0.6 is 0 Å². The fraction of sp³-hybridized carbons (Fsp3) is 0.368. The highest BCUT2D eigenvalue weighted by molar-refractivity contribution is 5.94. The highest BCUT2D eigenvalue weighted by Crippen LogP contribution is 2.26. The summed E-state index contributed by atoms with van der Waals surface area (Å²) >= 11 is 0. The Morgan fingerprint density at radius 3 is 1.21 bits per heavy atom. The van der Waals surface area contributed by atoms with Gasteiger partial charge in [0.05, 0.1) is 53.6 Å². The number of carbonyl (C=O) groups is 4. The molecule has 0 aliphatic carbocycles. The van der Waals surface area contributed by atoms with Gasteiger partial charge in [-0.25, -0.2) is 19.2 Å². The molecule has 0 heterocycles. The summed E-state index contributed by atoms with van der Waals surface area (Å²) < 4.78 is 33.7. The number of hydrogen-bond acceptors (Lipinski definition) is 13. The first-order valence-electron chi connectivity index (χ1n) is 28.9. The summed E-state index contributed by atoms with van der Waals surface area (Å²) in [4.78, 5) is 54.9. The third kappa shape index (κ3) is 24.4. The number of unbranched alkanes of at least 4 members (excludes halogenated alkanes) is 18. The Morgan fingerprint density at radius 2 is 0.765 bits per heavy atom. The van der Waals surface area contributed by atoms with Gasteiger partial charge in [0.2, 0.25) is 0 Å². The van der Waals surface area contributed by atoms with Crippen molar-refractivity contribution < 1.29 is 47.6 Å². The van der Waals surface area contributed by atoms with Crippen molar-refractivity contribution in [1.29, 1.82) is 0 Å². The second-order valence-corrected chi connectivity index (χ2v) is 20.1. The third-order valence-electron chi connectivity index (χ3n) is 13.2. The van der Waals surface area contributed by atoms with E-state index in [1.54, 1.807) is 79.9 Å². The lowest BCUT2D eigenvalue weighted by Gasteiger charge is -2.09. The molecule has 0 aliphatic rings. The van der Waals surface area contributed by atoms with Gasteiger partial charge in [-0.3, -0.25) is 4.99 Å². The number of hydrogen-bond donors (Lipinski definition) is 0. The maximum Gasteiger partial charge on any atom is 0.343 e. The van der Waals surface area contributed by atoms with E-state index in [-0.39, 0.29) is 28.8 Å². The molecule has 13 heteroatoms. The molecule has 426 valence electrons. The van der Waals surface area contributed by atoms with Crippen LogP contribution in [0.4, 0.5) is 17.1 Å². The summed E-state index contributed by atoms with van der Waals surface area (Å²) in [5, 5.41) is 8.74. The lowest BCUT2D eigenvalue weighted by atomic mass is 10.1. The SMILES string of the molecule is C=C(C)C(=O)OCCCCCCCCCCCCOc1ccc(N=Nc2ccc(N=Cc3ccc(C(=O)Oc4cccc(OC(=O)c5ccc(OC(=O)c6ccc(OCCCCCCCCCCCC)cc6)cc5)c4)cc3)cc2)cc1. The number of aliphatic imine (C=N–C) groups is 1. The molecule has 6 aromatic rings. The smallest absolute Gasteiger partial charge is 0.343 e. The van der Waals surface area contributed by atoms with E-state index < -0.39 is 17.9 Å². The molecule has 0 radical (unpaired) electrons. The molecule has 0 N–H and O–H groups in total. The maximum absolute atomic E-state index is 13.1. The van der Waals surface area contributed by atoms with Gasteiger partial charge in [0.25, 0.3) is 0 Å². The zero-order valence-electron chi connectivity index (χ0n) is 47.3. The first-order chi connectivity index (χ1) is 39.6. The van der Waals surface area contributed by atoms with Crippen LogP contribution in [0.15, 0.2) is 173 Å². The Hall–Kier alpha value is -8.19. The normalized spacial score (nSPS) is 11.1. The van der Waals surface area contributed by atoms with Gasteiger partial charge in [-0.15, -0.1) is 0 Å². The zero-order chi connectivity index (χ0) is 57.1. The summed E-state index contributed by atoms with van der Waals surface area (Å²) in [6.45, 7) is 9.31. The minimum absolute atomic E-state index is 0.179. The summed E-state index contributed by atoms with van der Waals surface area (Å²) in [5.74, 6) is 0.0953. The fourth-order valence-electron chi connectivity index (χ4n) is 8.51. The monoisotopic (exact) mass is 1100 g/mol. The average Bonchev–Trinajstić information content (AvgIpc) is 3.51. The number of nitrogens with zero attached hydrogens (tertiary/aromatic N) is 3. The van der Waals surface area contributed by atoms with Crippen LogP contribution in [0.3, 0.4) is 0 Å². The van der Waals surface area contributed by atoms with Gasteiger partial charge in [-0.2, -0.15) is 10.2 Å². The van der Waals surface area contributed by atoms with Crippen LogP contribution in [0.25, 0.3) is 0 Å². The quantitative estimate of drug-likeness (QED) is 0.00917. The summed E-state index contributed by atoms with van der Waals surface area (Å²) in [6.07, 6.45) is 25.8. The molecule has 0 atom stereocenters. The molecule has 0 spiro atoms. The second-order valence-electron chi connectivity index (χ2n) is 20.1. The molecule has 81 heavy (non-hydrogen) atoms. The summed E-state index contributed by atoms with van der Waals surface area (Å²) in [6, 6.07) is 41.0. The van der Waals surface area contributed by atoms with Crippen molar-refractivity contribution in [3.05, 3.63) is 180 Å². The van der Waals surface area contributed by atoms with Gasteiger partial charge in [0.15, 0.2) is 0 Å². The van der Waals surface area contributed by atoms with Crippen molar-refractivity contribution in [3.8, 4) is 28.7 Å². The molecule has 0 amide bonds. The fourth-order valence-corrected chi connectivity index (χ4v) is 8.51. The van der Waals surface area contributed by atoms with Gasteiger partial charge < -0.3 is 28.4 Å². The van der Waals surface area contributed by atoms with Crippen LogP contribution in [-0.4, -0.2) is 49.9 Å². The van der Waals surface area contributed by atoms with Crippen LogP contribution in [0.1, 0.15) is 179 Å². The van der Waals surface area contributed by atoms with E-state index in [2.05, 4.69) is 28.7 Å². The van der Waals surface area contributed by atoms with E-state index in [1.807, 2.05) is 48.5 Å². The van der Waals surface area contributed by atoms with Gasteiger partial charge >= 0.3 is 23.9 Å². The molecule has 0 saturated heterocycles. The largest absolute Gasteiger partial charge is 0.494 e. The van der Waals surface area contributed by atoms with Crippen molar-refractivity contribution >= 4 is 47.2 Å². The zero-order valence-corrected chi connectivity index (χ0v) is 47.3. The molecule has 6 aromatic carbocycles. The van der Waals surface area contributed by atoms with E-state index in [9.17, 15) is 19.2 Å². The van der Waals surface area contributed by atoms with Crippen LogP contribution in [0.2, 0.25) is 0 Å². The Balaban J connectivity index is 0.829. The molecule has 0 fully saturated rings. The van der Waals surface area contributed by atoms with Crippen molar-refractivity contribution in [3.63, 3.8) is 0 Å². The first kappa shape index (κ1) is 62.0. The lowest BCUT2D eigenvalue weighted by molar-refractivity contribution is -0.139. The van der Waals surface area contributed by atoms with Gasteiger partial charge in [0.1, 0.15) is 28.7 Å². The lowest BCUT2D eigenvalue weighted by Crippen LogP contribution is -2.11. The van der Waals surface area contributed by atoms with Crippen LogP contribution < -0.4 is 23.7 Å². The topological polar surface area (TPSA) is 161 Å². The first-order valence-corrected chi connectivity index (χ1v) is 28.9. The van der Waals surface area contributed by atoms with E-state index in [0.717, 1.165) is 61.2 Å². The number of ether oxygens (including phenoxy) is 6. The second kappa shape index (κ2) is 36.1. The highest BCUT2D eigenvalue weighted by atomic mass is 16.6. The average molecular weight is 1100 g/mol. The van der Waals surface area contributed by atoms with Crippen LogP contribution in [0.5, 0.6) is 28.7 Å². The van der Waals surface area contributed by atoms with E-state index >= 15 is 0 Å². The van der Waals surface area contributed by atoms with Gasteiger partial charge in [-0.1, -0.05) is 141 Å². The van der Waals surface area contributed by atoms with E-state index in [0.29, 0.717) is 48.0 Å². The molecular formula is C68H79N3O10. The van der Waals surface area contributed by atoms with Crippen molar-refractivity contribution in [2.75, 3.05) is 19.8 Å². The predicted molar refractivity (Wildman–Crippen MR) is 320 cm³/mol. The van der Waals surface area contributed by atoms with Crippen LogP contribution in [-0.2, 0) is 9.53 Å². The summed E-state index contributed by atoms with van der Waals surface area (Å²) in [7, 11) is 0. The number of benzene rings is 6. The Labute approximate surface area is 478 Å². The highest BCUT2D eigenvalue weighted by Gasteiger charge is 2.15. The number of rotatable bonds is 37. The molecule has 0 aromatic heterocycles. The minimum atomic E-state index is -0.644. The molecule has 0 unspecified atom stereocenters. The standard InChI is InChI=1S/C68H79N3O10/c1-4-5-6-7-8-9-12-15-18-21-47-76-60-41-31-55(32-42-60)66(73)79-62-43-33-56(34-44-62)68(75)81-64-26-24-25-63(50-64)80-67(74)54-29-27-53(28-30-54)51-69-57-35-37-58(38-36-57)70-71-59-39-45-61(46-40-59)77-48-22-19-16-13-10-11-14-17-20-23-49-78-65(72)52(2)3/h24-46,50-51H,2,4-23,47-49H2,1,3H3. The summed E-state index contributed by atoms with van der Waals surface area (Å²) in [5.41, 5.74) is 4.29.